The largest absolute Gasteiger partial charge is 0.334 e. The number of amides is 1. The molecule has 1 atom stereocenters. The van der Waals surface area contributed by atoms with E-state index in [2.05, 4.69) is 29.6 Å². The molecule has 0 radical (unpaired) electrons. The van der Waals surface area contributed by atoms with Crippen LogP contribution in [0.1, 0.15) is 30.4 Å². The van der Waals surface area contributed by atoms with Crippen molar-refractivity contribution in [3.63, 3.8) is 0 Å². The summed E-state index contributed by atoms with van der Waals surface area (Å²) in [6.07, 6.45) is 2.98. The Hall–Kier alpha value is -1.06. The Bertz CT molecular complexity index is 419. The zero-order valence-electron chi connectivity index (χ0n) is 11.1. The van der Waals surface area contributed by atoms with Gasteiger partial charge in [0.05, 0.1) is 0 Å². The van der Waals surface area contributed by atoms with Crippen molar-refractivity contribution in [3.8, 4) is 0 Å². The van der Waals surface area contributed by atoms with E-state index in [1.165, 1.54) is 17.5 Å². The summed E-state index contributed by atoms with van der Waals surface area (Å²) in [7, 11) is 0. The van der Waals surface area contributed by atoms with Gasteiger partial charge >= 0.3 is 0 Å². The van der Waals surface area contributed by atoms with Gasteiger partial charge < -0.3 is 10.2 Å². The number of carbonyl (C=O) groups excluding carboxylic acids is 1. The lowest BCUT2D eigenvalue weighted by molar-refractivity contribution is -0.132. The first-order valence-corrected chi connectivity index (χ1v) is 6.88. The highest BCUT2D eigenvalue weighted by Crippen LogP contribution is 2.24. The minimum Gasteiger partial charge on any atom is -0.334 e. The van der Waals surface area contributed by atoms with Crippen LogP contribution < -0.4 is 5.32 Å². The molecule has 1 aromatic rings. The Morgan fingerprint density at radius 3 is 2.53 bits per heavy atom. The van der Waals surface area contributed by atoms with E-state index in [0.717, 1.165) is 32.6 Å². The van der Waals surface area contributed by atoms with Gasteiger partial charge in [-0.1, -0.05) is 24.3 Å². The van der Waals surface area contributed by atoms with Crippen molar-refractivity contribution in [2.75, 3.05) is 13.1 Å². The van der Waals surface area contributed by atoms with Crippen LogP contribution in [0.3, 0.4) is 0 Å². The van der Waals surface area contributed by atoms with Gasteiger partial charge in [0, 0.05) is 19.5 Å². The van der Waals surface area contributed by atoms with Gasteiger partial charge in [-0.25, -0.2) is 0 Å². The third-order valence-corrected chi connectivity index (χ3v) is 4.12. The molecule has 104 valence electrons. The molecule has 2 aliphatic rings. The molecular formula is C15H21ClN2O. The molecule has 0 aromatic heterocycles. The van der Waals surface area contributed by atoms with E-state index in [4.69, 9.17) is 0 Å². The third-order valence-electron chi connectivity index (χ3n) is 4.12. The van der Waals surface area contributed by atoms with Crippen molar-refractivity contribution in [1.82, 2.24) is 10.2 Å². The molecule has 1 saturated heterocycles. The lowest BCUT2D eigenvalue weighted by Crippen LogP contribution is -2.25. The average Bonchev–Trinajstić information content (AvgIpc) is 3.04. The van der Waals surface area contributed by atoms with Crippen molar-refractivity contribution in [3.05, 3.63) is 35.4 Å². The van der Waals surface area contributed by atoms with E-state index in [9.17, 15) is 4.79 Å². The van der Waals surface area contributed by atoms with Gasteiger partial charge in [0.1, 0.15) is 0 Å². The summed E-state index contributed by atoms with van der Waals surface area (Å²) in [5, 5.41) is 3.35. The average molecular weight is 281 g/mol. The van der Waals surface area contributed by atoms with Crippen LogP contribution in [0.25, 0.3) is 0 Å². The molecule has 3 nitrogen and oxygen atoms in total. The lowest BCUT2D eigenvalue weighted by Gasteiger charge is -2.16. The van der Waals surface area contributed by atoms with E-state index in [1.807, 2.05) is 4.90 Å². The number of hydrogen-bond acceptors (Lipinski definition) is 2. The smallest absolute Gasteiger partial charge is 0.223 e. The zero-order chi connectivity index (χ0) is 12.4. The fraction of sp³-hybridized carbons (Fsp3) is 0.533. The molecule has 0 spiro atoms. The molecule has 1 amide bonds. The van der Waals surface area contributed by atoms with Crippen molar-refractivity contribution in [2.24, 2.45) is 5.92 Å². The van der Waals surface area contributed by atoms with E-state index in [1.54, 1.807) is 0 Å². The topological polar surface area (TPSA) is 32.3 Å². The summed E-state index contributed by atoms with van der Waals surface area (Å²) in [6, 6.07) is 8.36. The number of hydrogen-bond donors (Lipinski definition) is 1. The summed E-state index contributed by atoms with van der Waals surface area (Å²) in [4.78, 5) is 14.2. The highest BCUT2D eigenvalue weighted by Gasteiger charge is 2.23. The summed E-state index contributed by atoms with van der Waals surface area (Å²) in [6.45, 7) is 3.82. The fourth-order valence-electron chi connectivity index (χ4n) is 2.96. The highest BCUT2D eigenvalue weighted by atomic mass is 35.5. The molecule has 3 rings (SSSR count). The molecule has 2 aliphatic heterocycles. The predicted molar refractivity (Wildman–Crippen MR) is 78.2 cm³/mol. The van der Waals surface area contributed by atoms with Crippen molar-refractivity contribution in [1.29, 1.82) is 0 Å². The number of fused-ring (bicyclic) bond motifs is 1. The van der Waals surface area contributed by atoms with Crippen LogP contribution in [0, 0.1) is 5.92 Å². The second-order valence-corrected chi connectivity index (χ2v) is 5.42. The maximum Gasteiger partial charge on any atom is 0.223 e. The summed E-state index contributed by atoms with van der Waals surface area (Å²) >= 11 is 0. The first kappa shape index (κ1) is 14.4. The molecule has 19 heavy (non-hydrogen) atoms. The molecule has 1 unspecified atom stereocenters. The van der Waals surface area contributed by atoms with Crippen LogP contribution in [0.15, 0.2) is 24.3 Å². The maximum atomic E-state index is 12.2. The Morgan fingerprint density at radius 2 is 1.95 bits per heavy atom. The first-order chi connectivity index (χ1) is 8.83. The Kier molecular flexibility index (Phi) is 4.83. The predicted octanol–water partition coefficient (Wildman–Crippen LogP) is 2.34. The number of carbonyl (C=O) groups is 1. The van der Waals surface area contributed by atoms with Crippen LogP contribution in [0.2, 0.25) is 0 Å². The van der Waals surface area contributed by atoms with Crippen LogP contribution in [-0.4, -0.2) is 23.9 Å². The Labute approximate surface area is 120 Å². The molecule has 1 N–H and O–H groups in total. The SMILES string of the molecule is Cl.O=C(CCC1CCNC1)N1Cc2ccccc2C1. The monoisotopic (exact) mass is 280 g/mol. The van der Waals surface area contributed by atoms with Gasteiger partial charge in [0.15, 0.2) is 0 Å². The van der Waals surface area contributed by atoms with Crippen LogP contribution in [-0.2, 0) is 17.9 Å². The van der Waals surface area contributed by atoms with Gasteiger partial charge in [-0.2, -0.15) is 0 Å². The van der Waals surface area contributed by atoms with Crippen LogP contribution >= 0.6 is 12.4 Å². The lowest BCUT2D eigenvalue weighted by atomic mass is 10.0. The van der Waals surface area contributed by atoms with Crippen LogP contribution in [0.5, 0.6) is 0 Å². The zero-order valence-corrected chi connectivity index (χ0v) is 11.9. The second-order valence-electron chi connectivity index (χ2n) is 5.42. The van der Waals surface area contributed by atoms with Crippen molar-refractivity contribution >= 4 is 18.3 Å². The Balaban J connectivity index is 0.00000133. The minimum atomic E-state index is 0. The molecule has 4 heteroatoms. The number of rotatable bonds is 3. The minimum absolute atomic E-state index is 0. The van der Waals surface area contributed by atoms with Gasteiger partial charge in [-0.05, 0) is 43.0 Å². The van der Waals surface area contributed by atoms with E-state index in [-0.39, 0.29) is 12.4 Å². The fourth-order valence-corrected chi connectivity index (χ4v) is 2.96. The van der Waals surface area contributed by atoms with Gasteiger partial charge in [-0.3, -0.25) is 4.79 Å². The van der Waals surface area contributed by atoms with Gasteiger partial charge in [-0.15, -0.1) is 12.4 Å². The summed E-state index contributed by atoms with van der Waals surface area (Å²) < 4.78 is 0. The number of benzene rings is 1. The number of nitrogens with zero attached hydrogens (tertiary/aromatic N) is 1. The van der Waals surface area contributed by atoms with E-state index < -0.39 is 0 Å². The summed E-state index contributed by atoms with van der Waals surface area (Å²) in [5.74, 6) is 1.03. The normalized spacial score (nSPS) is 21.1. The second kappa shape index (κ2) is 6.40. The molecule has 0 bridgehead atoms. The highest BCUT2D eigenvalue weighted by molar-refractivity contribution is 5.85. The van der Waals surface area contributed by atoms with Crippen LogP contribution in [0.4, 0.5) is 0 Å². The van der Waals surface area contributed by atoms with Gasteiger partial charge in [0.25, 0.3) is 0 Å². The van der Waals surface area contributed by atoms with E-state index in [0.29, 0.717) is 18.2 Å². The van der Waals surface area contributed by atoms with Crippen molar-refractivity contribution < 1.29 is 4.79 Å². The molecule has 2 heterocycles. The number of nitrogens with one attached hydrogen (secondary N) is 1. The third kappa shape index (κ3) is 3.28. The molecule has 0 aliphatic carbocycles. The molecule has 1 aromatic carbocycles. The van der Waals surface area contributed by atoms with Crippen molar-refractivity contribution in [2.45, 2.75) is 32.4 Å². The standard InChI is InChI=1S/C15H20N2O.ClH/c18-15(6-5-12-7-8-16-9-12)17-10-13-3-1-2-4-14(13)11-17;/h1-4,12,16H,5-11H2;1H. The molecule has 0 saturated carbocycles. The quantitative estimate of drug-likeness (QED) is 0.922. The number of halogens is 1. The van der Waals surface area contributed by atoms with E-state index >= 15 is 0 Å². The maximum absolute atomic E-state index is 12.2. The van der Waals surface area contributed by atoms with Gasteiger partial charge in [0.2, 0.25) is 5.91 Å². The first-order valence-electron chi connectivity index (χ1n) is 6.88. The molecule has 1 fully saturated rings. The Morgan fingerprint density at radius 1 is 1.26 bits per heavy atom. The molecular weight excluding hydrogens is 260 g/mol. The summed E-state index contributed by atoms with van der Waals surface area (Å²) in [5.41, 5.74) is 2.63.